The van der Waals surface area contributed by atoms with Gasteiger partial charge in [-0.05, 0) is 24.6 Å². The van der Waals surface area contributed by atoms with Crippen molar-refractivity contribution in [1.29, 1.82) is 0 Å². The quantitative estimate of drug-likeness (QED) is 0.390. The van der Waals surface area contributed by atoms with Crippen LogP contribution in [-0.4, -0.2) is 31.9 Å². The first-order valence-corrected chi connectivity index (χ1v) is 5.66. The SMILES string of the molecule is COCC(O)=C(N=Nc1cc(C)ccc1F)C(=O)OC. The standard InChI is InChI=1S/C13H15FN2O4/c1-8-4-5-9(14)10(6-8)15-16-12(13(18)20-3)11(17)7-19-2/h4-6,17H,7H2,1-3H3. The number of methoxy groups -OCH3 is 2. The van der Waals surface area contributed by atoms with Gasteiger partial charge in [-0.2, -0.15) is 0 Å². The maximum Gasteiger partial charge on any atom is 0.362 e. The molecule has 0 fully saturated rings. The van der Waals surface area contributed by atoms with Gasteiger partial charge in [0.1, 0.15) is 12.3 Å². The number of benzene rings is 1. The van der Waals surface area contributed by atoms with Crippen LogP contribution in [0.5, 0.6) is 0 Å². The van der Waals surface area contributed by atoms with E-state index in [4.69, 9.17) is 0 Å². The van der Waals surface area contributed by atoms with Crippen LogP contribution in [0.4, 0.5) is 10.1 Å². The average Bonchev–Trinajstić information content (AvgIpc) is 2.42. The summed E-state index contributed by atoms with van der Waals surface area (Å²) in [5, 5.41) is 16.8. The molecule has 7 heteroatoms. The van der Waals surface area contributed by atoms with E-state index in [2.05, 4.69) is 19.7 Å². The van der Waals surface area contributed by atoms with Crippen molar-refractivity contribution in [2.24, 2.45) is 10.2 Å². The molecule has 1 aromatic rings. The van der Waals surface area contributed by atoms with E-state index in [0.29, 0.717) is 0 Å². The predicted molar refractivity (Wildman–Crippen MR) is 69.2 cm³/mol. The van der Waals surface area contributed by atoms with Crippen LogP contribution in [0.25, 0.3) is 0 Å². The Bertz CT molecular complexity index is 555. The molecule has 0 aliphatic heterocycles. The van der Waals surface area contributed by atoms with E-state index in [0.717, 1.165) is 12.7 Å². The van der Waals surface area contributed by atoms with Crippen molar-refractivity contribution in [2.75, 3.05) is 20.8 Å². The Balaban J connectivity index is 3.12. The number of aryl methyl sites for hydroxylation is 1. The molecular weight excluding hydrogens is 267 g/mol. The average molecular weight is 282 g/mol. The van der Waals surface area contributed by atoms with E-state index in [9.17, 15) is 14.3 Å². The second-order valence-electron chi connectivity index (χ2n) is 3.87. The lowest BCUT2D eigenvalue weighted by Crippen LogP contribution is -2.08. The molecule has 6 nitrogen and oxygen atoms in total. The Kier molecular flexibility index (Phi) is 5.79. The molecule has 0 aromatic heterocycles. The van der Waals surface area contributed by atoms with Gasteiger partial charge in [-0.15, -0.1) is 10.2 Å². The maximum atomic E-state index is 13.5. The number of halogens is 1. The molecule has 1 N–H and O–H groups in total. The molecular formula is C13H15FN2O4. The van der Waals surface area contributed by atoms with Gasteiger partial charge in [0, 0.05) is 7.11 Å². The Hall–Kier alpha value is -2.28. The van der Waals surface area contributed by atoms with Crippen LogP contribution in [0.3, 0.4) is 0 Å². The monoisotopic (exact) mass is 282 g/mol. The number of esters is 1. The summed E-state index contributed by atoms with van der Waals surface area (Å²) >= 11 is 0. The molecule has 0 aliphatic rings. The highest BCUT2D eigenvalue weighted by Crippen LogP contribution is 2.21. The first-order chi connectivity index (χ1) is 9.49. The molecule has 0 saturated carbocycles. The van der Waals surface area contributed by atoms with Gasteiger partial charge in [0.15, 0.2) is 11.6 Å². The lowest BCUT2D eigenvalue weighted by Gasteiger charge is -2.03. The van der Waals surface area contributed by atoms with Crippen LogP contribution in [0.2, 0.25) is 0 Å². The van der Waals surface area contributed by atoms with Crippen LogP contribution >= 0.6 is 0 Å². The number of nitrogens with zero attached hydrogens (tertiary/aromatic N) is 2. The fraction of sp³-hybridized carbons (Fsp3) is 0.308. The smallest absolute Gasteiger partial charge is 0.362 e. The van der Waals surface area contributed by atoms with Gasteiger partial charge in [0.05, 0.1) is 7.11 Å². The summed E-state index contributed by atoms with van der Waals surface area (Å²) < 4.78 is 22.6. The number of carbonyl (C=O) groups excluding carboxylic acids is 1. The van der Waals surface area contributed by atoms with Crippen LogP contribution in [0, 0.1) is 12.7 Å². The number of hydrogen-bond acceptors (Lipinski definition) is 6. The lowest BCUT2D eigenvalue weighted by molar-refractivity contribution is -0.136. The summed E-state index contributed by atoms with van der Waals surface area (Å²) in [6.07, 6.45) is 0. The van der Waals surface area contributed by atoms with Gasteiger partial charge < -0.3 is 14.6 Å². The number of ether oxygens (including phenoxy) is 2. The zero-order chi connectivity index (χ0) is 15.1. The minimum atomic E-state index is -0.892. The van der Waals surface area contributed by atoms with Crippen molar-refractivity contribution >= 4 is 11.7 Å². The van der Waals surface area contributed by atoms with E-state index >= 15 is 0 Å². The van der Waals surface area contributed by atoms with Gasteiger partial charge in [-0.1, -0.05) is 6.07 Å². The number of carbonyl (C=O) groups is 1. The summed E-state index contributed by atoms with van der Waals surface area (Å²) in [5.74, 6) is -1.93. The largest absolute Gasteiger partial charge is 0.507 e. The Labute approximate surface area is 115 Å². The fourth-order valence-corrected chi connectivity index (χ4v) is 1.32. The van der Waals surface area contributed by atoms with Crippen LogP contribution < -0.4 is 0 Å². The van der Waals surface area contributed by atoms with Crippen molar-refractivity contribution in [1.82, 2.24) is 0 Å². The highest BCUT2D eigenvalue weighted by molar-refractivity contribution is 5.88. The second kappa shape index (κ2) is 7.34. The molecule has 0 unspecified atom stereocenters. The third-order valence-corrected chi connectivity index (χ3v) is 2.29. The van der Waals surface area contributed by atoms with Crippen LogP contribution in [0.15, 0.2) is 39.9 Å². The number of aliphatic hydroxyl groups is 1. The molecule has 1 rings (SSSR count). The molecule has 0 aliphatic carbocycles. The second-order valence-corrected chi connectivity index (χ2v) is 3.87. The summed E-state index contributed by atoms with van der Waals surface area (Å²) in [6, 6.07) is 4.27. The summed E-state index contributed by atoms with van der Waals surface area (Å²) in [6.45, 7) is 1.53. The van der Waals surface area contributed by atoms with Gasteiger partial charge in [-0.25, -0.2) is 9.18 Å². The molecule has 0 amide bonds. The topological polar surface area (TPSA) is 80.5 Å². The Morgan fingerprint density at radius 1 is 1.40 bits per heavy atom. The predicted octanol–water partition coefficient (Wildman–Crippen LogP) is 2.81. The molecule has 0 atom stereocenters. The van der Waals surface area contributed by atoms with E-state index in [-0.39, 0.29) is 12.3 Å². The highest BCUT2D eigenvalue weighted by atomic mass is 19.1. The minimum absolute atomic E-state index is 0.0448. The zero-order valence-corrected chi connectivity index (χ0v) is 11.4. The molecule has 0 saturated heterocycles. The Morgan fingerprint density at radius 3 is 2.70 bits per heavy atom. The third kappa shape index (κ3) is 4.13. The van der Waals surface area contributed by atoms with E-state index in [1.54, 1.807) is 13.0 Å². The van der Waals surface area contributed by atoms with Gasteiger partial charge >= 0.3 is 5.97 Å². The normalized spacial score (nSPS) is 12.4. The molecule has 108 valence electrons. The van der Waals surface area contributed by atoms with Crippen molar-refractivity contribution in [3.63, 3.8) is 0 Å². The van der Waals surface area contributed by atoms with Crippen LogP contribution in [-0.2, 0) is 14.3 Å². The van der Waals surface area contributed by atoms with Crippen molar-refractivity contribution in [3.05, 3.63) is 41.0 Å². The van der Waals surface area contributed by atoms with Crippen molar-refractivity contribution in [2.45, 2.75) is 6.92 Å². The molecule has 0 radical (unpaired) electrons. The first-order valence-electron chi connectivity index (χ1n) is 5.66. The zero-order valence-electron chi connectivity index (χ0n) is 11.4. The summed E-state index contributed by atoms with van der Waals surface area (Å²) in [5.41, 5.74) is 0.303. The number of azo groups is 1. The molecule has 20 heavy (non-hydrogen) atoms. The van der Waals surface area contributed by atoms with Crippen LogP contribution in [0.1, 0.15) is 5.56 Å². The summed E-state index contributed by atoms with van der Waals surface area (Å²) in [4.78, 5) is 11.5. The third-order valence-electron chi connectivity index (χ3n) is 2.29. The molecule has 0 bridgehead atoms. The molecule has 1 aromatic carbocycles. The molecule has 0 spiro atoms. The highest BCUT2D eigenvalue weighted by Gasteiger charge is 2.16. The van der Waals surface area contributed by atoms with Gasteiger partial charge in [0.2, 0.25) is 5.70 Å². The fourth-order valence-electron chi connectivity index (χ4n) is 1.32. The minimum Gasteiger partial charge on any atom is -0.507 e. The van der Waals surface area contributed by atoms with Gasteiger partial charge in [0.25, 0.3) is 0 Å². The van der Waals surface area contributed by atoms with E-state index in [1.165, 1.54) is 19.2 Å². The van der Waals surface area contributed by atoms with E-state index < -0.39 is 23.2 Å². The van der Waals surface area contributed by atoms with Crippen molar-refractivity contribution < 1.29 is 23.8 Å². The van der Waals surface area contributed by atoms with Gasteiger partial charge in [-0.3, -0.25) is 0 Å². The molecule has 0 heterocycles. The summed E-state index contributed by atoms with van der Waals surface area (Å²) in [7, 11) is 2.47. The number of aliphatic hydroxyl groups excluding tert-OH is 1. The lowest BCUT2D eigenvalue weighted by atomic mass is 10.2. The number of rotatable bonds is 5. The van der Waals surface area contributed by atoms with E-state index in [1.807, 2.05) is 0 Å². The maximum absolute atomic E-state index is 13.5. The number of hydrogen-bond donors (Lipinski definition) is 1. The first kappa shape index (κ1) is 15.8. The Morgan fingerprint density at radius 2 is 2.10 bits per heavy atom. The van der Waals surface area contributed by atoms with Crippen molar-refractivity contribution in [3.8, 4) is 0 Å².